The van der Waals surface area contributed by atoms with Crippen molar-refractivity contribution in [2.24, 2.45) is 0 Å². The summed E-state index contributed by atoms with van der Waals surface area (Å²) in [6.07, 6.45) is 0.696. The molecule has 0 unspecified atom stereocenters. The fourth-order valence-corrected chi connectivity index (χ4v) is 1.78. The van der Waals surface area contributed by atoms with Crippen LogP contribution in [-0.4, -0.2) is 0 Å². The first kappa shape index (κ1) is 11.1. The van der Waals surface area contributed by atoms with Crippen LogP contribution in [0.2, 0.25) is 0 Å². The summed E-state index contributed by atoms with van der Waals surface area (Å²) in [5, 5.41) is 0. The molecule has 0 aliphatic heterocycles. The lowest BCUT2D eigenvalue weighted by Gasteiger charge is -2.10. The van der Waals surface area contributed by atoms with E-state index in [-0.39, 0.29) is 0 Å². The van der Waals surface area contributed by atoms with Crippen LogP contribution in [-0.2, 0) is 6.42 Å². The van der Waals surface area contributed by atoms with Crippen LogP contribution in [0.3, 0.4) is 0 Å². The summed E-state index contributed by atoms with van der Waals surface area (Å²) in [5.74, 6) is 0. The van der Waals surface area contributed by atoms with Gasteiger partial charge in [0.2, 0.25) is 0 Å². The van der Waals surface area contributed by atoms with E-state index in [1.54, 1.807) is 0 Å². The topological polar surface area (TPSA) is 104 Å². The summed E-state index contributed by atoms with van der Waals surface area (Å²) in [6, 6.07) is 11.4. The summed E-state index contributed by atoms with van der Waals surface area (Å²) in [6.45, 7) is 0. The minimum absolute atomic E-state index is 0.440. The van der Waals surface area contributed by atoms with Crippen molar-refractivity contribution in [1.29, 1.82) is 0 Å². The summed E-state index contributed by atoms with van der Waals surface area (Å²) in [5.41, 5.74) is 27.4. The molecule has 0 atom stereocenters. The molecule has 0 saturated carbocycles. The van der Waals surface area contributed by atoms with Gasteiger partial charge in [-0.05, 0) is 35.7 Å². The van der Waals surface area contributed by atoms with Crippen LogP contribution in [0.25, 0.3) is 0 Å². The Bertz CT molecular complexity index is 526. The van der Waals surface area contributed by atoms with Crippen molar-refractivity contribution in [3.8, 4) is 0 Å². The van der Waals surface area contributed by atoms with E-state index in [2.05, 4.69) is 0 Å². The second-order valence-corrected chi connectivity index (χ2v) is 4.06. The Kier molecular flexibility index (Phi) is 2.78. The molecule has 0 heterocycles. The first-order valence-corrected chi connectivity index (χ1v) is 5.34. The number of nitrogens with two attached hydrogens (primary N) is 4. The van der Waals surface area contributed by atoms with Crippen LogP contribution < -0.4 is 22.9 Å². The molecule has 88 valence electrons. The predicted molar refractivity (Wildman–Crippen MR) is 73.3 cm³/mol. The van der Waals surface area contributed by atoms with Crippen LogP contribution in [0.1, 0.15) is 11.1 Å². The fraction of sp³-hybridized carbons (Fsp3) is 0.0769. The maximum absolute atomic E-state index is 5.89. The molecule has 4 heteroatoms. The highest BCUT2D eigenvalue weighted by Gasteiger charge is 2.05. The smallest absolute Gasteiger partial charge is 0.0781 e. The van der Waals surface area contributed by atoms with Gasteiger partial charge in [0.25, 0.3) is 0 Å². The monoisotopic (exact) mass is 228 g/mol. The highest BCUT2D eigenvalue weighted by molar-refractivity contribution is 5.78. The molecule has 4 nitrogen and oxygen atoms in total. The zero-order chi connectivity index (χ0) is 12.4. The Morgan fingerprint density at radius 3 is 1.94 bits per heavy atom. The molecule has 0 spiro atoms. The normalized spacial score (nSPS) is 10.4. The molecular weight excluding hydrogens is 212 g/mol. The van der Waals surface area contributed by atoms with Crippen molar-refractivity contribution in [2.45, 2.75) is 6.42 Å². The van der Waals surface area contributed by atoms with Gasteiger partial charge in [0, 0.05) is 5.69 Å². The fourth-order valence-electron chi connectivity index (χ4n) is 1.78. The molecule has 2 aromatic carbocycles. The van der Waals surface area contributed by atoms with E-state index in [9.17, 15) is 0 Å². The molecule has 17 heavy (non-hydrogen) atoms. The standard InChI is InChI=1S/C13H16N4/c14-10-4-2-1-3-9(10)5-8-6-11(15)13(17)12(16)7-8/h1-4,6-7H,5,14-17H2. The van der Waals surface area contributed by atoms with Gasteiger partial charge >= 0.3 is 0 Å². The number of rotatable bonds is 2. The second kappa shape index (κ2) is 4.25. The van der Waals surface area contributed by atoms with E-state index in [4.69, 9.17) is 22.9 Å². The Morgan fingerprint density at radius 1 is 0.765 bits per heavy atom. The highest BCUT2D eigenvalue weighted by atomic mass is 14.7. The average molecular weight is 228 g/mol. The molecule has 8 N–H and O–H groups in total. The second-order valence-electron chi connectivity index (χ2n) is 4.06. The van der Waals surface area contributed by atoms with Gasteiger partial charge in [-0.2, -0.15) is 0 Å². The third-order valence-corrected chi connectivity index (χ3v) is 2.75. The zero-order valence-corrected chi connectivity index (χ0v) is 9.48. The Morgan fingerprint density at radius 2 is 1.35 bits per heavy atom. The third-order valence-electron chi connectivity index (χ3n) is 2.75. The van der Waals surface area contributed by atoms with Gasteiger partial charge < -0.3 is 22.9 Å². The number of para-hydroxylation sites is 1. The minimum Gasteiger partial charge on any atom is -0.398 e. The Balaban J connectivity index is 2.34. The maximum Gasteiger partial charge on any atom is 0.0781 e. The summed E-state index contributed by atoms with van der Waals surface area (Å²) in [4.78, 5) is 0. The van der Waals surface area contributed by atoms with Crippen molar-refractivity contribution < 1.29 is 0 Å². The summed E-state index contributed by atoms with van der Waals surface area (Å²) < 4.78 is 0. The van der Waals surface area contributed by atoms with Gasteiger partial charge in [-0.1, -0.05) is 18.2 Å². The van der Waals surface area contributed by atoms with Gasteiger partial charge in [-0.15, -0.1) is 0 Å². The lowest BCUT2D eigenvalue weighted by Crippen LogP contribution is -2.02. The number of nitrogen functional groups attached to an aromatic ring is 4. The van der Waals surface area contributed by atoms with Crippen molar-refractivity contribution in [1.82, 2.24) is 0 Å². The number of hydrogen-bond acceptors (Lipinski definition) is 4. The lowest BCUT2D eigenvalue weighted by atomic mass is 10.0. The van der Waals surface area contributed by atoms with E-state index in [0.29, 0.717) is 23.5 Å². The SMILES string of the molecule is Nc1ccccc1Cc1cc(N)c(N)c(N)c1. The van der Waals surface area contributed by atoms with Crippen LogP contribution in [0, 0.1) is 0 Å². The third kappa shape index (κ3) is 2.25. The molecule has 0 radical (unpaired) electrons. The molecular formula is C13H16N4. The van der Waals surface area contributed by atoms with E-state index in [1.165, 1.54) is 0 Å². The highest BCUT2D eigenvalue weighted by Crippen LogP contribution is 2.26. The molecule has 0 bridgehead atoms. The van der Waals surface area contributed by atoms with Crippen molar-refractivity contribution in [3.63, 3.8) is 0 Å². The van der Waals surface area contributed by atoms with Gasteiger partial charge in [0.1, 0.15) is 0 Å². The van der Waals surface area contributed by atoms with E-state index in [0.717, 1.165) is 16.8 Å². The molecule has 0 fully saturated rings. The minimum atomic E-state index is 0.440. The molecule has 2 rings (SSSR count). The van der Waals surface area contributed by atoms with E-state index >= 15 is 0 Å². The van der Waals surface area contributed by atoms with Gasteiger partial charge in [0.15, 0.2) is 0 Å². The van der Waals surface area contributed by atoms with Crippen molar-refractivity contribution in [3.05, 3.63) is 47.5 Å². The van der Waals surface area contributed by atoms with E-state index < -0.39 is 0 Å². The predicted octanol–water partition coefficient (Wildman–Crippen LogP) is 1.61. The van der Waals surface area contributed by atoms with Crippen LogP contribution in [0.15, 0.2) is 36.4 Å². The molecule has 0 aromatic heterocycles. The molecule has 0 aliphatic carbocycles. The summed E-state index contributed by atoms with van der Waals surface area (Å²) in [7, 11) is 0. The Hall–Kier alpha value is -2.36. The average Bonchev–Trinajstić information content (AvgIpc) is 2.29. The molecule has 2 aromatic rings. The van der Waals surface area contributed by atoms with Gasteiger partial charge in [0.05, 0.1) is 17.1 Å². The maximum atomic E-state index is 5.89. The van der Waals surface area contributed by atoms with Crippen molar-refractivity contribution >= 4 is 22.7 Å². The van der Waals surface area contributed by atoms with Crippen molar-refractivity contribution in [2.75, 3.05) is 22.9 Å². The first-order valence-electron chi connectivity index (χ1n) is 5.34. The number of hydrogen-bond donors (Lipinski definition) is 4. The largest absolute Gasteiger partial charge is 0.398 e. The van der Waals surface area contributed by atoms with Crippen LogP contribution in [0.5, 0.6) is 0 Å². The zero-order valence-electron chi connectivity index (χ0n) is 9.48. The van der Waals surface area contributed by atoms with Crippen LogP contribution >= 0.6 is 0 Å². The van der Waals surface area contributed by atoms with Gasteiger partial charge in [-0.25, -0.2) is 0 Å². The van der Waals surface area contributed by atoms with Gasteiger partial charge in [-0.3, -0.25) is 0 Å². The van der Waals surface area contributed by atoms with E-state index in [1.807, 2.05) is 36.4 Å². The number of anilines is 4. The molecule has 0 saturated heterocycles. The Labute approximate surface area is 100 Å². The summed E-state index contributed by atoms with van der Waals surface area (Å²) >= 11 is 0. The quantitative estimate of drug-likeness (QED) is 0.586. The first-order chi connectivity index (χ1) is 8.08. The van der Waals surface area contributed by atoms with Crippen LogP contribution in [0.4, 0.5) is 22.7 Å². The molecule has 0 amide bonds. The lowest BCUT2D eigenvalue weighted by molar-refractivity contribution is 1.20. The molecule has 0 aliphatic rings. The number of benzene rings is 2.